The molecule has 0 amide bonds. The molecular weight excluding hydrogens is 344 g/mol. The summed E-state index contributed by atoms with van der Waals surface area (Å²) in [5, 5.41) is 4.65. The lowest BCUT2D eigenvalue weighted by molar-refractivity contribution is 0.227. The fourth-order valence-corrected chi connectivity index (χ4v) is 3.94. The van der Waals surface area contributed by atoms with Crippen LogP contribution in [0.3, 0.4) is 0 Å². The normalized spacial score (nSPS) is 17.8. The lowest BCUT2D eigenvalue weighted by Gasteiger charge is -2.19. The first-order valence-electron chi connectivity index (χ1n) is 9.07. The molecule has 1 fully saturated rings. The van der Waals surface area contributed by atoms with E-state index in [-0.39, 0.29) is 0 Å². The molecule has 4 rings (SSSR count). The Labute approximate surface area is 158 Å². The highest BCUT2D eigenvalue weighted by molar-refractivity contribution is 7.98. The average Bonchev–Trinajstić information content (AvgIpc) is 3.28. The van der Waals surface area contributed by atoms with Crippen LogP contribution >= 0.6 is 11.8 Å². The molecule has 5 nitrogen and oxygen atoms in total. The minimum atomic E-state index is 0.637. The van der Waals surface area contributed by atoms with Gasteiger partial charge in [0.2, 0.25) is 5.88 Å². The number of benzene rings is 1. The fraction of sp³-hybridized carbons (Fsp3) is 0.400. The maximum Gasteiger partial charge on any atom is 0.231 e. The molecule has 1 atom stereocenters. The van der Waals surface area contributed by atoms with Crippen molar-refractivity contribution in [2.75, 3.05) is 26.5 Å². The highest BCUT2D eigenvalue weighted by atomic mass is 32.2. The highest BCUT2D eigenvalue weighted by Gasteiger charge is 2.20. The molecule has 1 unspecified atom stereocenters. The van der Waals surface area contributed by atoms with Crippen LogP contribution in [0.2, 0.25) is 0 Å². The van der Waals surface area contributed by atoms with Gasteiger partial charge in [0.1, 0.15) is 0 Å². The van der Waals surface area contributed by atoms with E-state index in [4.69, 9.17) is 4.74 Å². The van der Waals surface area contributed by atoms with E-state index < -0.39 is 0 Å². The smallest absolute Gasteiger partial charge is 0.231 e. The third-order valence-electron chi connectivity index (χ3n) is 5.10. The summed E-state index contributed by atoms with van der Waals surface area (Å²) >= 11 is 1.74. The van der Waals surface area contributed by atoms with Gasteiger partial charge in [-0.05, 0) is 57.3 Å². The van der Waals surface area contributed by atoms with Gasteiger partial charge >= 0.3 is 0 Å². The van der Waals surface area contributed by atoms with E-state index in [0.717, 1.165) is 23.3 Å². The van der Waals surface area contributed by atoms with Crippen molar-refractivity contribution in [2.45, 2.75) is 30.2 Å². The molecule has 3 heterocycles. The van der Waals surface area contributed by atoms with Gasteiger partial charge in [0.05, 0.1) is 18.5 Å². The Morgan fingerprint density at radius 2 is 2.04 bits per heavy atom. The molecule has 0 N–H and O–H groups in total. The van der Waals surface area contributed by atoms with Crippen molar-refractivity contribution in [1.82, 2.24) is 19.5 Å². The van der Waals surface area contributed by atoms with Crippen LogP contribution in [0, 0.1) is 0 Å². The summed E-state index contributed by atoms with van der Waals surface area (Å²) in [6.45, 7) is 1.89. The maximum atomic E-state index is 5.93. The molecule has 3 aromatic rings. The Balaban J connectivity index is 1.50. The van der Waals surface area contributed by atoms with Crippen molar-refractivity contribution in [3.63, 3.8) is 0 Å². The van der Waals surface area contributed by atoms with Gasteiger partial charge in [-0.15, -0.1) is 16.9 Å². The van der Waals surface area contributed by atoms with Gasteiger partial charge in [0.25, 0.3) is 0 Å². The number of fused-ring (bicyclic) bond motifs is 1. The Hall–Kier alpha value is -2.05. The van der Waals surface area contributed by atoms with Gasteiger partial charge in [-0.3, -0.25) is 0 Å². The molecule has 136 valence electrons. The zero-order valence-electron chi connectivity index (χ0n) is 15.3. The van der Waals surface area contributed by atoms with Gasteiger partial charge in [-0.1, -0.05) is 12.1 Å². The molecule has 0 spiro atoms. The van der Waals surface area contributed by atoms with E-state index in [1.54, 1.807) is 11.8 Å². The molecule has 1 aromatic carbocycles. The number of hydrogen-bond acceptors (Lipinski definition) is 5. The highest BCUT2D eigenvalue weighted by Crippen LogP contribution is 2.24. The van der Waals surface area contributed by atoms with Gasteiger partial charge in [0, 0.05) is 22.6 Å². The van der Waals surface area contributed by atoms with Crippen molar-refractivity contribution in [2.24, 2.45) is 0 Å². The quantitative estimate of drug-likeness (QED) is 0.616. The van der Waals surface area contributed by atoms with Gasteiger partial charge in [-0.2, -0.15) is 0 Å². The standard InChI is InChI=1S/C20H24N4OS/c1-23-12-3-4-16(23)11-13-25-20-10-9-19-21-14-18(24(19)22-20)15-5-7-17(26-2)8-6-15/h5-10,14,16H,3-4,11-13H2,1-2H3. The predicted octanol–water partition coefficient (Wildman–Crippen LogP) is 3.98. The molecule has 0 radical (unpaired) electrons. The van der Waals surface area contributed by atoms with Crippen molar-refractivity contribution in [3.05, 3.63) is 42.6 Å². The van der Waals surface area contributed by atoms with E-state index in [1.165, 1.54) is 24.3 Å². The van der Waals surface area contributed by atoms with Crippen LogP contribution in [-0.2, 0) is 0 Å². The monoisotopic (exact) mass is 368 g/mol. The number of hydrogen-bond donors (Lipinski definition) is 0. The van der Waals surface area contributed by atoms with E-state index >= 15 is 0 Å². The van der Waals surface area contributed by atoms with Crippen molar-refractivity contribution in [1.29, 1.82) is 0 Å². The molecule has 6 heteroatoms. The van der Waals surface area contributed by atoms with Gasteiger partial charge < -0.3 is 9.64 Å². The first-order valence-corrected chi connectivity index (χ1v) is 10.3. The van der Waals surface area contributed by atoms with Crippen LogP contribution in [-0.4, -0.2) is 52.0 Å². The lowest BCUT2D eigenvalue weighted by Crippen LogP contribution is -2.26. The zero-order valence-corrected chi connectivity index (χ0v) is 16.1. The van der Waals surface area contributed by atoms with Gasteiger partial charge in [0.15, 0.2) is 5.65 Å². The third kappa shape index (κ3) is 3.57. The summed E-state index contributed by atoms with van der Waals surface area (Å²) in [6.07, 6.45) is 7.55. The fourth-order valence-electron chi connectivity index (χ4n) is 3.54. The minimum absolute atomic E-state index is 0.637. The summed E-state index contributed by atoms with van der Waals surface area (Å²) in [7, 11) is 2.20. The second kappa shape index (κ2) is 7.68. The van der Waals surface area contributed by atoms with E-state index in [0.29, 0.717) is 18.5 Å². The first-order chi connectivity index (χ1) is 12.7. The molecule has 26 heavy (non-hydrogen) atoms. The molecular formula is C20H24N4OS. The van der Waals surface area contributed by atoms with Crippen LogP contribution in [0.5, 0.6) is 5.88 Å². The van der Waals surface area contributed by atoms with Crippen molar-refractivity contribution < 1.29 is 4.74 Å². The molecule has 1 aliphatic rings. The predicted molar refractivity (Wildman–Crippen MR) is 106 cm³/mol. The summed E-state index contributed by atoms with van der Waals surface area (Å²) < 4.78 is 7.80. The van der Waals surface area contributed by atoms with Crippen LogP contribution in [0.15, 0.2) is 47.5 Å². The number of thioether (sulfide) groups is 1. The number of nitrogens with zero attached hydrogens (tertiary/aromatic N) is 4. The maximum absolute atomic E-state index is 5.93. The summed E-state index contributed by atoms with van der Waals surface area (Å²) in [5.74, 6) is 0.651. The summed E-state index contributed by atoms with van der Waals surface area (Å²) in [4.78, 5) is 8.13. The van der Waals surface area contributed by atoms with E-state index in [2.05, 4.69) is 52.6 Å². The van der Waals surface area contributed by atoms with Gasteiger partial charge in [-0.25, -0.2) is 9.50 Å². The van der Waals surface area contributed by atoms with Crippen LogP contribution in [0.25, 0.3) is 16.9 Å². The largest absolute Gasteiger partial charge is 0.477 e. The lowest BCUT2D eigenvalue weighted by atomic mass is 10.1. The third-order valence-corrected chi connectivity index (χ3v) is 5.84. The van der Waals surface area contributed by atoms with Crippen LogP contribution < -0.4 is 4.74 Å². The number of rotatable bonds is 6. The molecule has 1 aliphatic heterocycles. The number of ether oxygens (including phenoxy) is 1. The van der Waals surface area contributed by atoms with E-state index in [1.807, 2.05) is 22.8 Å². The van der Waals surface area contributed by atoms with Crippen LogP contribution in [0.1, 0.15) is 19.3 Å². The number of imidazole rings is 1. The second-order valence-electron chi connectivity index (χ2n) is 6.73. The zero-order chi connectivity index (χ0) is 17.9. The van der Waals surface area contributed by atoms with Crippen molar-refractivity contribution >= 4 is 17.4 Å². The topological polar surface area (TPSA) is 42.7 Å². The molecule has 0 aliphatic carbocycles. The summed E-state index contributed by atoms with van der Waals surface area (Å²) in [5.41, 5.74) is 2.91. The number of likely N-dealkylation sites (tertiary alicyclic amines) is 1. The molecule has 1 saturated heterocycles. The summed E-state index contributed by atoms with van der Waals surface area (Å²) in [6, 6.07) is 13.0. The molecule has 0 saturated carbocycles. The second-order valence-corrected chi connectivity index (χ2v) is 7.61. The Bertz CT molecular complexity index is 877. The SMILES string of the molecule is CSc1ccc(-c2cnc3ccc(OCCC4CCCN4C)nn23)cc1. The first kappa shape index (κ1) is 17.4. The van der Waals surface area contributed by atoms with Crippen molar-refractivity contribution in [3.8, 4) is 17.1 Å². The number of aromatic nitrogens is 3. The Kier molecular flexibility index (Phi) is 5.13. The average molecular weight is 369 g/mol. The Morgan fingerprint density at radius 3 is 2.77 bits per heavy atom. The van der Waals surface area contributed by atoms with E-state index in [9.17, 15) is 0 Å². The molecule has 0 bridgehead atoms. The minimum Gasteiger partial charge on any atom is -0.477 e. The molecule has 2 aromatic heterocycles. The van der Waals surface area contributed by atoms with Crippen LogP contribution in [0.4, 0.5) is 0 Å². The Morgan fingerprint density at radius 1 is 1.19 bits per heavy atom.